The Morgan fingerprint density at radius 2 is 2.50 bits per heavy atom. The molecule has 1 rings (SSSR count). The summed E-state index contributed by atoms with van der Waals surface area (Å²) in [5, 5.41) is 2.94. The molecule has 0 bridgehead atoms. The molecular weight excluding hydrogens is 146 g/mol. The minimum atomic E-state index is 0.604. The SMILES string of the molecule is CC(C)Cn1[nH]cnc1=S. The maximum Gasteiger partial charge on any atom is 0.215 e. The van der Waals surface area contributed by atoms with E-state index in [9.17, 15) is 0 Å². The lowest BCUT2D eigenvalue weighted by atomic mass is 10.2. The van der Waals surface area contributed by atoms with E-state index in [0.717, 1.165) is 6.54 Å². The first kappa shape index (κ1) is 7.47. The molecule has 1 heterocycles. The van der Waals surface area contributed by atoms with Crippen LogP contribution in [-0.2, 0) is 6.54 Å². The molecule has 4 heteroatoms. The van der Waals surface area contributed by atoms with Crippen molar-refractivity contribution in [1.29, 1.82) is 0 Å². The largest absolute Gasteiger partial charge is 0.286 e. The Morgan fingerprint density at radius 3 is 2.90 bits per heavy atom. The number of aromatic nitrogens is 3. The Kier molecular flexibility index (Phi) is 2.21. The molecule has 0 atom stereocenters. The Hall–Kier alpha value is -0.640. The van der Waals surface area contributed by atoms with Crippen molar-refractivity contribution in [1.82, 2.24) is 14.8 Å². The maximum atomic E-state index is 4.92. The lowest BCUT2D eigenvalue weighted by Gasteiger charge is -2.03. The summed E-state index contributed by atoms with van der Waals surface area (Å²) in [5.41, 5.74) is 0. The zero-order chi connectivity index (χ0) is 7.56. The predicted molar refractivity (Wildman–Crippen MR) is 42.2 cm³/mol. The Balaban J connectivity index is 2.75. The summed E-state index contributed by atoms with van der Waals surface area (Å²) in [6, 6.07) is 0. The van der Waals surface area contributed by atoms with Gasteiger partial charge in [-0.2, -0.15) is 0 Å². The molecule has 1 N–H and O–H groups in total. The van der Waals surface area contributed by atoms with Crippen molar-refractivity contribution >= 4 is 12.2 Å². The molecule has 10 heavy (non-hydrogen) atoms. The van der Waals surface area contributed by atoms with Gasteiger partial charge in [0.2, 0.25) is 4.77 Å². The zero-order valence-electron chi connectivity index (χ0n) is 6.16. The van der Waals surface area contributed by atoms with E-state index in [4.69, 9.17) is 12.2 Å². The summed E-state index contributed by atoms with van der Waals surface area (Å²) in [4.78, 5) is 3.89. The normalized spacial score (nSPS) is 10.7. The van der Waals surface area contributed by atoms with Crippen molar-refractivity contribution in [2.75, 3.05) is 0 Å². The van der Waals surface area contributed by atoms with Crippen LogP contribution in [0.5, 0.6) is 0 Å². The molecule has 0 amide bonds. The van der Waals surface area contributed by atoms with Gasteiger partial charge in [-0.15, -0.1) is 0 Å². The predicted octanol–water partition coefficient (Wildman–Crippen LogP) is 1.60. The van der Waals surface area contributed by atoms with Crippen LogP contribution in [0.25, 0.3) is 0 Å². The van der Waals surface area contributed by atoms with Crippen molar-refractivity contribution in [3.05, 3.63) is 11.1 Å². The quantitative estimate of drug-likeness (QED) is 0.661. The number of aromatic amines is 1. The molecule has 56 valence electrons. The van der Waals surface area contributed by atoms with Gasteiger partial charge in [0.15, 0.2) is 0 Å². The maximum absolute atomic E-state index is 4.92. The van der Waals surface area contributed by atoms with E-state index < -0.39 is 0 Å². The molecule has 3 nitrogen and oxygen atoms in total. The van der Waals surface area contributed by atoms with Gasteiger partial charge in [-0.1, -0.05) is 13.8 Å². The standard InChI is InChI=1S/C6H11N3S/c1-5(2)3-9-6(10)7-4-8-9/h4-5H,3H2,1-2H3,(H,7,8,10). The number of hydrogen-bond acceptors (Lipinski definition) is 2. The molecular formula is C6H11N3S. The third-order valence-corrected chi connectivity index (χ3v) is 1.49. The topological polar surface area (TPSA) is 33.6 Å². The smallest absolute Gasteiger partial charge is 0.215 e. The third-order valence-electron chi connectivity index (χ3n) is 1.17. The van der Waals surface area contributed by atoms with Gasteiger partial charge in [0, 0.05) is 6.54 Å². The van der Waals surface area contributed by atoms with E-state index in [2.05, 4.69) is 23.9 Å². The van der Waals surface area contributed by atoms with Gasteiger partial charge in [0.1, 0.15) is 6.33 Å². The van der Waals surface area contributed by atoms with Crippen LogP contribution in [-0.4, -0.2) is 14.8 Å². The summed E-state index contributed by atoms with van der Waals surface area (Å²) in [6.07, 6.45) is 1.62. The Bertz CT molecular complexity index is 247. The Labute approximate surface area is 65.1 Å². The molecule has 0 saturated carbocycles. The van der Waals surface area contributed by atoms with E-state index in [-0.39, 0.29) is 0 Å². The summed E-state index contributed by atoms with van der Waals surface area (Å²) < 4.78 is 2.49. The fourth-order valence-corrected chi connectivity index (χ4v) is 0.955. The zero-order valence-corrected chi connectivity index (χ0v) is 6.98. The highest BCUT2D eigenvalue weighted by atomic mass is 32.1. The molecule has 0 unspecified atom stereocenters. The lowest BCUT2D eigenvalue weighted by Crippen LogP contribution is -2.05. The molecule has 0 aliphatic carbocycles. The van der Waals surface area contributed by atoms with Gasteiger partial charge < -0.3 is 0 Å². The highest BCUT2D eigenvalue weighted by Gasteiger charge is 1.96. The van der Waals surface area contributed by atoms with Crippen LogP contribution in [0.3, 0.4) is 0 Å². The first-order valence-corrected chi connectivity index (χ1v) is 3.71. The van der Waals surface area contributed by atoms with Crippen LogP contribution in [0.1, 0.15) is 13.8 Å². The third kappa shape index (κ3) is 1.67. The minimum absolute atomic E-state index is 0.604. The molecule has 0 spiro atoms. The number of nitrogens with zero attached hydrogens (tertiary/aromatic N) is 2. The second kappa shape index (κ2) is 2.96. The van der Waals surface area contributed by atoms with E-state index in [1.54, 1.807) is 6.33 Å². The van der Waals surface area contributed by atoms with E-state index in [1.165, 1.54) is 0 Å². The van der Waals surface area contributed by atoms with Gasteiger partial charge >= 0.3 is 0 Å². The fourth-order valence-electron chi connectivity index (χ4n) is 0.775. The average molecular weight is 157 g/mol. The number of H-pyrrole nitrogens is 1. The highest BCUT2D eigenvalue weighted by molar-refractivity contribution is 7.71. The van der Waals surface area contributed by atoms with E-state index >= 15 is 0 Å². The minimum Gasteiger partial charge on any atom is -0.286 e. The van der Waals surface area contributed by atoms with Crippen molar-refractivity contribution < 1.29 is 0 Å². The van der Waals surface area contributed by atoms with Crippen molar-refractivity contribution in [3.8, 4) is 0 Å². The molecule has 1 aromatic rings. The van der Waals surface area contributed by atoms with Crippen molar-refractivity contribution in [3.63, 3.8) is 0 Å². The van der Waals surface area contributed by atoms with Gasteiger partial charge in [0.25, 0.3) is 0 Å². The van der Waals surface area contributed by atoms with Crippen LogP contribution in [0.4, 0.5) is 0 Å². The Morgan fingerprint density at radius 1 is 1.80 bits per heavy atom. The molecule has 0 aromatic carbocycles. The summed E-state index contributed by atoms with van der Waals surface area (Å²) in [5.74, 6) is 0.604. The van der Waals surface area contributed by atoms with Crippen molar-refractivity contribution in [2.45, 2.75) is 20.4 Å². The summed E-state index contributed by atoms with van der Waals surface area (Å²) in [7, 11) is 0. The van der Waals surface area contributed by atoms with Gasteiger partial charge in [-0.3, -0.25) is 9.78 Å². The number of nitrogens with one attached hydrogen (secondary N) is 1. The second-order valence-electron chi connectivity index (χ2n) is 2.67. The number of rotatable bonds is 2. The monoisotopic (exact) mass is 157 g/mol. The molecule has 0 saturated heterocycles. The molecule has 0 aliphatic rings. The average Bonchev–Trinajstić information content (AvgIpc) is 2.15. The first-order chi connectivity index (χ1) is 4.70. The number of hydrogen-bond donors (Lipinski definition) is 1. The van der Waals surface area contributed by atoms with Crippen LogP contribution in [0, 0.1) is 10.7 Å². The van der Waals surface area contributed by atoms with Crippen molar-refractivity contribution in [2.24, 2.45) is 5.92 Å². The van der Waals surface area contributed by atoms with Gasteiger partial charge in [0.05, 0.1) is 0 Å². The molecule has 0 aliphatic heterocycles. The lowest BCUT2D eigenvalue weighted by molar-refractivity contribution is 0.478. The van der Waals surface area contributed by atoms with Gasteiger partial charge in [-0.05, 0) is 18.1 Å². The summed E-state index contributed by atoms with van der Waals surface area (Å²) in [6.45, 7) is 5.20. The molecule has 0 radical (unpaired) electrons. The highest BCUT2D eigenvalue weighted by Crippen LogP contribution is 1.96. The van der Waals surface area contributed by atoms with E-state index in [0.29, 0.717) is 10.7 Å². The fraction of sp³-hybridized carbons (Fsp3) is 0.667. The van der Waals surface area contributed by atoms with Gasteiger partial charge in [-0.25, -0.2) is 4.98 Å². The first-order valence-electron chi connectivity index (χ1n) is 3.30. The molecule has 0 fully saturated rings. The summed E-state index contributed by atoms with van der Waals surface area (Å²) >= 11 is 4.92. The second-order valence-corrected chi connectivity index (χ2v) is 3.04. The van der Waals surface area contributed by atoms with Crippen LogP contribution in [0.15, 0.2) is 6.33 Å². The van der Waals surface area contributed by atoms with Crippen LogP contribution >= 0.6 is 12.2 Å². The van der Waals surface area contributed by atoms with E-state index in [1.807, 2.05) is 4.68 Å². The van der Waals surface area contributed by atoms with Crippen LogP contribution in [0.2, 0.25) is 0 Å². The molecule has 1 aromatic heterocycles. The van der Waals surface area contributed by atoms with Crippen LogP contribution < -0.4 is 0 Å².